The Balaban J connectivity index is 0.000000177. The first-order chi connectivity index (χ1) is 18.1. The fourth-order valence-corrected chi connectivity index (χ4v) is 4.79. The Morgan fingerprint density at radius 1 is 0.838 bits per heavy atom. The molecule has 8 heteroatoms. The van der Waals surface area contributed by atoms with E-state index in [1.54, 1.807) is 6.20 Å². The number of hydrogen-bond acceptors (Lipinski definition) is 7. The van der Waals surface area contributed by atoms with E-state index in [-0.39, 0.29) is 0 Å². The van der Waals surface area contributed by atoms with Crippen LogP contribution in [0.4, 0.5) is 11.5 Å². The van der Waals surface area contributed by atoms with Crippen LogP contribution in [-0.4, -0.2) is 54.7 Å². The summed E-state index contributed by atoms with van der Waals surface area (Å²) in [4.78, 5) is 32.6. The van der Waals surface area contributed by atoms with Crippen LogP contribution in [0.15, 0.2) is 36.5 Å². The number of carbonyl (C=O) groups is 2. The fraction of sp³-hybridized carbons (Fsp3) is 0.517. The smallest absolute Gasteiger partial charge is 0.138 e. The maximum absolute atomic E-state index is 10.3. The highest BCUT2D eigenvalue weighted by Gasteiger charge is 2.18. The van der Waals surface area contributed by atoms with Gasteiger partial charge < -0.3 is 30.5 Å². The number of nitrogens with one attached hydrogen (secondary N) is 4. The molecule has 0 unspecified atom stereocenters. The molecule has 2 aliphatic rings. The molecule has 0 spiro atoms. The Kier molecular flexibility index (Phi) is 11.6. The molecule has 0 atom stereocenters. The van der Waals surface area contributed by atoms with Crippen LogP contribution in [0.3, 0.4) is 0 Å². The van der Waals surface area contributed by atoms with Crippen molar-refractivity contribution in [3.8, 4) is 11.4 Å². The second-order valence-corrected chi connectivity index (χ2v) is 9.82. The maximum atomic E-state index is 10.3. The molecule has 2 heterocycles. The number of anilines is 2. The van der Waals surface area contributed by atoms with Gasteiger partial charge in [-0.2, -0.15) is 0 Å². The van der Waals surface area contributed by atoms with E-state index in [2.05, 4.69) is 30.9 Å². The number of nitrogens with zero attached hydrogens (tertiary/aromatic N) is 2. The topological polar surface area (TPSA) is 112 Å². The van der Waals surface area contributed by atoms with Crippen molar-refractivity contribution in [2.75, 3.05) is 31.8 Å². The summed E-state index contributed by atoms with van der Waals surface area (Å²) in [6.07, 6.45) is 14.7. The zero-order valence-electron chi connectivity index (χ0n) is 22.4. The molecule has 3 aromatic rings. The minimum absolute atomic E-state index is 0.351. The molecule has 2 saturated carbocycles. The summed E-state index contributed by atoms with van der Waals surface area (Å²) in [5.41, 5.74) is 3.99. The summed E-state index contributed by atoms with van der Waals surface area (Å²) >= 11 is 0. The van der Waals surface area contributed by atoms with Crippen molar-refractivity contribution in [1.29, 1.82) is 0 Å². The SMILES string of the molecule is CNC1CCC(C=O)CC1.CNc1ccc(-c2nc3cc(NC)ncc3[nH]2)cc1.O=CC1CCCCC1. The van der Waals surface area contributed by atoms with Crippen LogP contribution in [0, 0.1) is 11.8 Å². The number of aldehydes is 2. The van der Waals surface area contributed by atoms with Gasteiger partial charge in [-0.1, -0.05) is 19.3 Å². The van der Waals surface area contributed by atoms with E-state index >= 15 is 0 Å². The van der Waals surface area contributed by atoms with Gasteiger partial charge in [0.25, 0.3) is 0 Å². The Morgan fingerprint density at radius 3 is 2.03 bits per heavy atom. The third-order valence-electron chi connectivity index (χ3n) is 7.29. The van der Waals surface area contributed by atoms with Crippen LogP contribution < -0.4 is 16.0 Å². The molecule has 1 aromatic carbocycles. The molecule has 2 aromatic heterocycles. The molecule has 0 aliphatic heterocycles. The van der Waals surface area contributed by atoms with Crippen molar-refractivity contribution < 1.29 is 9.59 Å². The third-order valence-corrected chi connectivity index (χ3v) is 7.29. The van der Waals surface area contributed by atoms with E-state index < -0.39 is 0 Å². The molecule has 2 fully saturated rings. The summed E-state index contributed by atoms with van der Waals surface area (Å²) in [7, 11) is 5.74. The van der Waals surface area contributed by atoms with E-state index in [0.29, 0.717) is 17.9 Å². The minimum atomic E-state index is 0.351. The van der Waals surface area contributed by atoms with E-state index in [1.165, 1.54) is 32.1 Å². The molecule has 200 valence electrons. The van der Waals surface area contributed by atoms with Gasteiger partial charge in [0.05, 0.1) is 17.2 Å². The zero-order valence-corrected chi connectivity index (χ0v) is 22.4. The lowest BCUT2D eigenvalue weighted by Crippen LogP contribution is -2.30. The number of benzene rings is 1. The van der Waals surface area contributed by atoms with Crippen LogP contribution in [0.2, 0.25) is 0 Å². The molecule has 0 amide bonds. The van der Waals surface area contributed by atoms with Crippen molar-refractivity contribution >= 4 is 35.1 Å². The van der Waals surface area contributed by atoms with Crippen LogP contribution >= 0.6 is 0 Å². The molecule has 0 radical (unpaired) electrons. The number of imidazole rings is 1. The first-order valence-corrected chi connectivity index (χ1v) is 13.5. The number of rotatable bonds is 6. The summed E-state index contributed by atoms with van der Waals surface area (Å²) in [5, 5.41) is 9.34. The van der Waals surface area contributed by atoms with Gasteiger partial charge in [-0.3, -0.25) is 0 Å². The van der Waals surface area contributed by atoms with Crippen molar-refractivity contribution in [3.05, 3.63) is 36.5 Å². The summed E-state index contributed by atoms with van der Waals surface area (Å²) in [6, 6.07) is 10.7. The van der Waals surface area contributed by atoms with Gasteiger partial charge in [0.2, 0.25) is 0 Å². The second kappa shape index (κ2) is 15.1. The van der Waals surface area contributed by atoms with Gasteiger partial charge in [-0.05, 0) is 69.8 Å². The molecule has 0 saturated heterocycles. The highest BCUT2D eigenvalue weighted by Crippen LogP contribution is 2.24. The summed E-state index contributed by atoms with van der Waals surface area (Å²) < 4.78 is 0. The first-order valence-electron chi connectivity index (χ1n) is 13.5. The molecule has 37 heavy (non-hydrogen) atoms. The number of aromatic amines is 1. The monoisotopic (exact) mass is 506 g/mol. The Hall–Kier alpha value is -3.26. The van der Waals surface area contributed by atoms with Gasteiger partial charge >= 0.3 is 0 Å². The fourth-order valence-electron chi connectivity index (χ4n) is 4.79. The van der Waals surface area contributed by atoms with E-state index in [4.69, 9.17) is 0 Å². The quantitative estimate of drug-likeness (QED) is 0.330. The Morgan fingerprint density at radius 2 is 1.49 bits per heavy atom. The molecular formula is C29H42N6O2. The Labute approximate surface area is 220 Å². The van der Waals surface area contributed by atoms with Gasteiger partial charge in [0.15, 0.2) is 0 Å². The average molecular weight is 507 g/mol. The number of hydrogen-bond donors (Lipinski definition) is 4. The van der Waals surface area contributed by atoms with Crippen molar-refractivity contribution in [1.82, 2.24) is 20.3 Å². The van der Waals surface area contributed by atoms with Crippen LogP contribution in [0.1, 0.15) is 57.8 Å². The van der Waals surface area contributed by atoms with E-state index in [0.717, 1.165) is 72.2 Å². The highest BCUT2D eigenvalue weighted by atomic mass is 16.1. The van der Waals surface area contributed by atoms with E-state index in [1.807, 2.05) is 51.5 Å². The van der Waals surface area contributed by atoms with Crippen LogP contribution in [0.25, 0.3) is 22.4 Å². The lowest BCUT2D eigenvalue weighted by atomic mass is 9.87. The number of carbonyl (C=O) groups excluding carboxylic acids is 2. The first kappa shape index (κ1) is 28.3. The molecule has 4 N–H and O–H groups in total. The van der Waals surface area contributed by atoms with Gasteiger partial charge in [-0.25, -0.2) is 9.97 Å². The van der Waals surface area contributed by atoms with Crippen LogP contribution in [-0.2, 0) is 9.59 Å². The predicted molar refractivity (Wildman–Crippen MR) is 152 cm³/mol. The van der Waals surface area contributed by atoms with Crippen molar-refractivity contribution in [2.45, 2.75) is 63.8 Å². The number of fused-ring (bicyclic) bond motifs is 1. The lowest BCUT2D eigenvalue weighted by Gasteiger charge is -2.24. The number of aromatic nitrogens is 3. The maximum Gasteiger partial charge on any atom is 0.138 e. The summed E-state index contributed by atoms with van der Waals surface area (Å²) in [6.45, 7) is 0. The number of pyridine rings is 1. The molecule has 0 bridgehead atoms. The largest absolute Gasteiger partial charge is 0.388 e. The highest BCUT2D eigenvalue weighted by molar-refractivity contribution is 5.81. The molecule has 5 rings (SSSR count). The number of H-pyrrole nitrogens is 1. The third kappa shape index (κ3) is 8.67. The Bertz CT molecular complexity index is 1080. The summed E-state index contributed by atoms with van der Waals surface area (Å²) in [5.74, 6) is 2.43. The second-order valence-electron chi connectivity index (χ2n) is 9.82. The van der Waals surface area contributed by atoms with E-state index in [9.17, 15) is 9.59 Å². The van der Waals surface area contributed by atoms with Gasteiger partial charge in [-0.15, -0.1) is 0 Å². The van der Waals surface area contributed by atoms with Crippen LogP contribution in [0.5, 0.6) is 0 Å². The molecule has 8 nitrogen and oxygen atoms in total. The lowest BCUT2D eigenvalue weighted by molar-refractivity contribution is -0.112. The van der Waals surface area contributed by atoms with Crippen molar-refractivity contribution in [2.24, 2.45) is 11.8 Å². The average Bonchev–Trinajstić information content (AvgIpc) is 3.42. The standard InChI is InChI=1S/C14H15N5.C8H15NO.C7H12O/c1-15-10-5-3-9(4-6-10)14-18-11-7-13(16-2)17-8-12(11)19-14;1-9-8-4-2-7(6-10)3-5-8;8-6-7-4-2-1-3-5-7/h3-8,15H,1-2H3,(H,16,17)(H,18,19);6-9H,2-5H2,1H3;6-7H,1-5H2. The normalized spacial score (nSPS) is 19.5. The molecule has 2 aliphatic carbocycles. The predicted octanol–water partition coefficient (Wildman–Crippen LogP) is 5.44. The van der Waals surface area contributed by atoms with Gasteiger partial charge in [0, 0.05) is 49.3 Å². The minimum Gasteiger partial charge on any atom is -0.388 e. The molecular weight excluding hydrogens is 464 g/mol. The van der Waals surface area contributed by atoms with Crippen molar-refractivity contribution in [3.63, 3.8) is 0 Å². The zero-order chi connectivity index (χ0) is 26.5. The van der Waals surface area contributed by atoms with Gasteiger partial charge in [0.1, 0.15) is 24.2 Å².